The Kier molecular flexibility index (Phi) is 5.83. The topological polar surface area (TPSA) is 122 Å². The number of rotatable bonds is 7. The third kappa shape index (κ3) is 5.30. The van der Waals surface area contributed by atoms with E-state index in [1.54, 1.807) is 0 Å². The molecule has 0 aliphatic carbocycles. The maximum atomic E-state index is 13.3. The van der Waals surface area contributed by atoms with Crippen molar-refractivity contribution in [3.63, 3.8) is 0 Å². The number of aliphatic carboxylic acids is 1. The van der Waals surface area contributed by atoms with Gasteiger partial charge in [-0.1, -0.05) is 0 Å². The Morgan fingerprint density at radius 3 is 2.55 bits per heavy atom. The summed E-state index contributed by atoms with van der Waals surface area (Å²) in [6.07, 6.45) is 0.864. The Labute approximate surface area is 126 Å². The van der Waals surface area contributed by atoms with Crippen molar-refractivity contribution in [2.45, 2.75) is 6.04 Å². The number of benzene rings is 1. The molecule has 122 valence electrons. The molecule has 0 heterocycles. The molecule has 0 saturated carbocycles. The van der Waals surface area contributed by atoms with Crippen LogP contribution in [-0.2, 0) is 19.6 Å². The number of carboxylic acids is 1. The van der Waals surface area contributed by atoms with Gasteiger partial charge in [0.2, 0.25) is 10.0 Å². The van der Waals surface area contributed by atoms with Crippen molar-refractivity contribution in [3.05, 3.63) is 29.6 Å². The predicted octanol–water partition coefficient (Wildman–Crippen LogP) is 0.0266. The van der Waals surface area contributed by atoms with Gasteiger partial charge in [0.1, 0.15) is 5.82 Å². The quantitative estimate of drug-likeness (QED) is 0.646. The molecular formula is C12H15FN2O6S. The fourth-order valence-corrected chi connectivity index (χ4v) is 2.15. The van der Waals surface area contributed by atoms with E-state index in [9.17, 15) is 22.4 Å². The minimum absolute atomic E-state index is 0.164. The van der Waals surface area contributed by atoms with E-state index in [0.29, 0.717) is 0 Å². The van der Waals surface area contributed by atoms with Crippen LogP contribution in [0.3, 0.4) is 0 Å². The molecule has 0 fully saturated rings. The Morgan fingerprint density at radius 1 is 1.41 bits per heavy atom. The van der Waals surface area contributed by atoms with E-state index in [0.717, 1.165) is 24.5 Å². The summed E-state index contributed by atoms with van der Waals surface area (Å²) in [5, 5.41) is 11.1. The van der Waals surface area contributed by atoms with Crippen molar-refractivity contribution < 1.29 is 32.2 Å². The first kappa shape index (κ1) is 17.9. The average molecular weight is 334 g/mol. The Balaban J connectivity index is 3.10. The second kappa shape index (κ2) is 7.18. The van der Waals surface area contributed by atoms with Gasteiger partial charge in [-0.05, 0) is 18.2 Å². The van der Waals surface area contributed by atoms with Gasteiger partial charge in [0, 0.05) is 7.11 Å². The number of sulfonamides is 1. The van der Waals surface area contributed by atoms with Gasteiger partial charge in [0.05, 0.1) is 24.1 Å². The van der Waals surface area contributed by atoms with Gasteiger partial charge in [0.15, 0.2) is 6.04 Å². The van der Waals surface area contributed by atoms with Crippen molar-refractivity contribution in [2.75, 3.05) is 24.7 Å². The fourth-order valence-electron chi connectivity index (χ4n) is 1.57. The maximum absolute atomic E-state index is 13.3. The lowest BCUT2D eigenvalue weighted by molar-refractivity contribution is -0.140. The van der Waals surface area contributed by atoms with Gasteiger partial charge >= 0.3 is 5.97 Å². The molecule has 1 rings (SSSR count). The highest BCUT2D eigenvalue weighted by molar-refractivity contribution is 7.92. The zero-order valence-electron chi connectivity index (χ0n) is 11.8. The summed E-state index contributed by atoms with van der Waals surface area (Å²) in [6.45, 7) is -0.300. The molecule has 1 amide bonds. The van der Waals surface area contributed by atoms with Gasteiger partial charge in [-0.2, -0.15) is 0 Å². The largest absolute Gasteiger partial charge is 0.480 e. The van der Waals surface area contributed by atoms with Crippen molar-refractivity contribution >= 4 is 27.6 Å². The highest BCUT2D eigenvalue weighted by Gasteiger charge is 2.23. The molecule has 0 saturated heterocycles. The van der Waals surface area contributed by atoms with Crippen molar-refractivity contribution in [1.29, 1.82) is 0 Å². The van der Waals surface area contributed by atoms with Crippen LogP contribution in [0.5, 0.6) is 0 Å². The molecule has 1 atom stereocenters. The molecule has 1 unspecified atom stereocenters. The highest BCUT2D eigenvalue weighted by atomic mass is 32.2. The van der Waals surface area contributed by atoms with Gasteiger partial charge < -0.3 is 15.2 Å². The summed E-state index contributed by atoms with van der Waals surface area (Å²) in [5.41, 5.74) is -0.504. The summed E-state index contributed by atoms with van der Waals surface area (Å²) in [5.74, 6) is -3.07. The van der Waals surface area contributed by atoms with Crippen molar-refractivity contribution in [1.82, 2.24) is 5.32 Å². The van der Waals surface area contributed by atoms with E-state index < -0.39 is 33.8 Å². The zero-order chi connectivity index (χ0) is 16.9. The number of ether oxygens (including phenoxy) is 1. The fraction of sp³-hybridized carbons (Fsp3) is 0.333. The first-order valence-corrected chi connectivity index (χ1v) is 7.83. The Hall–Kier alpha value is -2.20. The zero-order valence-corrected chi connectivity index (χ0v) is 12.6. The van der Waals surface area contributed by atoms with E-state index in [4.69, 9.17) is 5.11 Å². The second-order valence-electron chi connectivity index (χ2n) is 4.38. The summed E-state index contributed by atoms with van der Waals surface area (Å²) in [7, 11) is -2.44. The lowest BCUT2D eigenvalue weighted by Crippen LogP contribution is -2.44. The number of hydrogen-bond donors (Lipinski definition) is 3. The third-order valence-corrected chi connectivity index (χ3v) is 3.05. The van der Waals surface area contributed by atoms with Crippen LogP contribution in [0.2, 0.25) is 0 Å². The van der Waals surface area contributed by atoms with Crippen LogP contribution in [0.4, 0.5) is 10.1 Å². The minimum atomic E-state index is -3.69. The molecule has 0 bridgehead atoms. The van der Waals surface area contributed by atoms with Gasteiger partial charge in [-0.25, -0.2) is 17.6 Å². The number of anilines is 1. The van der Waals surface area contributed by atoms with Crippen LogP contribution in [0.25, 0.3) is 0 Å². The molecular weight excluding hydrogens is 319 g/mol. The van der Waals surface area contributed by atoms with Crippen LogP contribution < -0.4 is 10.0 Å². The van der Waals surface area contributed by atoms with E-state index >= 15 is 0 Å². The summed E-state index contributed by atoms with van der Waals surface area (Å²) in [4.78, 5) is 23.0. The standard InChI is InChI=1S/C12H15FN2O6S/c1-21-6-10(12(17)18)14-11(16)8-5-7(13)3-4-9(8)15-22(2,19)20/h3-5,10,15H,6H2,1-2H3,(H,14,16)(H,17,18). The first-order chi connectivity index (χ1) is 10.1. The molecule has 0 aromatic heterocycles. The molecule has 3 N–H and O–H groups in total. The number of halogens is 1. The number of amides is 1. The minimum Gasteiger partial charge on any atom is -0.480 e. The number of nitrogens with one attached hydrogen (secondary N) is 2. The molecule has 10 heteroatoms. The van der Waals surface area contributed by atoms with Crippen LogP contribution in [0.1, 0.15) is 10.4 Å². The average Bonchev–Trinajstić information content (AvgIpc) is 2.38. The second-order valence-corrected chi connectivity index (χ2v) is 6.13. The van der Waals surface area contributed by atoms with Crippen molar-refractivity contribution in [2.24, 2.45) is 0 Å². The monoisotopic (exact) mass is 334 g/mol. The lowest BCUT2D eigenvalue weighted by Gasteiger charge is -2.15. The molecule has 0 radical (unpaired) electrons. The predicted molar refractivity (Wildman–Crippen MR) is 75.6 cm³/mol. The molecule has 1 aromatic rings. The summed E-state index contributed by atoms with van der Waals surface area (Å²) >= 11 is 0. The maximum Gasteiger partial charge on any atom is 0.328 e. The smallest absolute Gasteiger partial charge is 0.328 e. The van der Waals surface area contributed by atoms with E-state index in [1.165, 1.54) is 7.11 Å². The lowest BCUT2D eigenvalue weighted by atomic mass is 10.1. The summed E-state index contributed by atoms with van der Waals surface area (Å²) in [6, 6.07) is 1.48. The number of carbonyl (C=O) groups excluding carboxylic acids is 1. The van der Waals surface area contributed by atoms with Crippen LogP contribution in [0, 0.1) is 5.82 Å². The Bertz CT molecular complexity index is 676. The van der Waals surface area contributed by atoms with E-state index in [2.05, 4.69) is 14.8 Å². The van der Waals surface area contributed by atoms with E-state index in [1.807, 2.05) is 0 Å². The van der Waals surface area contributed by atoms with Crippen LogP contribution in [-0.4, -0.2) is 51.4 Å². The Morgan fingerprint density at radius 2 is 2.05 bits per heavy atom. The van der Waals surface area contributed by atoms with Gasteiger partial charge in [0.25, 0.3) is 5.91 Å². The van der Waals surface area contributed by atoms with Gasteiger partial charge in [-0.15, -0.1) is 0 Å². The number of methoxy groups -OCH3 is 1. The van der Waals surface area contributed by atoms with Crippen molar-refractivity contribution in [3.8, 4) is 0 Å². The molecule has 22 heavy (non-hydrogen) atoms. The van der Waals surface area contributed by atoms with E-state index in [-0.39, 0.29) is 17.9 Å². The van der Waals surface area contributed by atoms with Crippen LogP contribution in [0.15, 0.2) is 18.2 Å². The SMILES string of the molecule is COCC(NC(=O)c1cc(F)ccc1NS(C)(=O)=O)C(=O)O. The normalized spacial score (nSPS) is 12.5. The molecule has 0 aliphatic heterocycles. The molecule has 1 aromatic carbocycles. The third-order valence-electron chi connectivity index (χ3n) is 2.46. The molecule has 0 aliphatic rings. The van der Waals surface area contributed by atoms with Gasteiger partial charge in [-0.3, -0.25) is 9.52 Å². The number of hydrogen-bond acceptors (Lipinski definition) is 5. The number of carbonyl (C=O) groups is 2. The summed E-state index contributed by atoms with van der Waals surface area (Å²) < 4.78 is 42.5. The highest BCUT2D eigenvalue weighted by Crippen LogP contribution is 2.18. The number of carboxylic acid groups (broad SMARTS) is 1. The first-order valence-electron chi connectivity index (χ1n) is 5.94. The molecule has 0 spiro atoms. The van der Waals surface area contributed by atoms with Crippen LogP contribution >= 0.6 is 0 Å². The molecule has 8 nitrogen and oxygen atoms in total.